The Bertz CT molecular complexity index is 743. The lowest BCUT2D eigenvalue weighted by molar-refractivity contribution is 0.0666. The van der Waals surface area contributed by atoms with Crippen LogP contribution in [0.4, 0.5) is 5.69 Å². The first kappa shape index (κ1) is 9.72. The first-order valence-corrected chi connectivity index (χ1v) is 5.11. The van der Waals surface area contributed by atoms with Crippen molar-refractivity contribution in [2.45, 2.75) is 0 Å². The zero-order valence-corrected chi connectivity index (χ0v) is 8.81. The van der Waals surface area contributed by atoms with E-state index in [-0.39, 0.29) is 11.4 Å². The van der Waals surface area contributed by atoms with Crippen LogP contribution in [0.1, 0.15) is 10.6 Å². The number of benzene rings is 2. The predicted molar refractivity (Wildman–Crippen MR) is 65.1 cm³/mol. The second kappa shape index (κ2) is 3.25. The quantitative estimate of drug-likeness (QED) is 0.670. The van der Waals surface area contributed by atoms with E-state index in [0.717, 1.165) is 10.8 Å². The highest BCUT2D eigenvalue weighted by Gasteiger charge is 2.18. The lowest BCUT2D eigenvalue weighted by Gasteiger charge is -1.98. The molecule has 0 atom stereocenters. The minimum absolute atomic E-state index is 0.185. The monoisotopic (exact) mass is 227 g/mol. The number of hydrogen-bond donors (Lipinski definition) is 2. The van der Waals surface area contributed by atoms with E-state index in [2.05, 4.69) is 0 Å². The summed E-state index contributed by atoms with van der Waals surface area (Å²) in [5.41, 5.74) is 6.51. The molecule has 0 aliphatic carbocycles. The molecule has 0 saturated carbocycles. The number of carboxylic acid groups (broad SMARTS) is 1. The Kier molecular flexibility index (Phi) is 1.86. The molecule has 0 aliphatic rings. The fraction of sp³-hybridized carbons (Fsp3) is 0. The van der Waals surface area contributed by atoms with Crippen molar-refractivity contribution in [3.05, 3.63) is 42.2 Å². The third-order valence-electron chi connectivity index (χ3n) is 2.81. The summed E-state index contributed by atoms with van der Waals surface area (Å²) in [6, 6.07) is 11.3. The minimum atomic E-state index is -1.15. The molecule has 3 rings (SSSR count). The van der Waals surface area contributed by atoms with Crippen molar-refractivity contribution in [1.29, 1.82) is 0 Å². The third-order valence-corrected chi connectivity index (χ3v) is 2.81. The molecule has 0 radical (unpaired) electrons. The third kappa shape index (κ3) is 1.27. The van der Waals surface area contributed by atoms with Gasteiger partial charge in [0.15, 0.2) is 0 Å². The Balaban J connectivity index is 2.53. The molecule has 1 heterocycles. The summed E-state index contributed by atoms with van der Waals surface area (Å²) in [7, 11) is 0. The van der Waals surface area contributed by atoms with E-state index in [0.29, 0.717) is 11.0 Å². The predicted octanol–water partition coefficient (Wildman–Crippen LogP) is 2.87. The maximum absolute atomic E-state index is 11.0. The molecule has 3 N–H and O–H groups in total. The molecular formula is C13H9NO3. The van der Waals surface area contributed by atoms with E-state index >= 15 is 0 Å². The number of furan rings is 1. The van der Waals surface area contributed by atoms with Gasteiger partial charge >= 0.3 is 5.97 Å². The molecule has 0 bridgehead atoms. The topological polar surface area (TPSA) is 76.5 Å². The van der Waals surface area contributed by atoms with Gasteiger partial charge in [-0.05, 0) is 16.8 Å². The van der Waals surface area contributed by atoms with Crippen LogP contribution in [0.5, 0.6) is 0 Å². The van der Waals surface area contributed by atoms with Gasteiger partial charge in [-0.1, -0.05) is 30.3 Å². The number of carboxylic acids is 1. The maximum Gasteiger partial charge on any atom is 0.374 e. The van der Waals surface area contributed by atoms with Crippen molar-refractivity contribution < 1.29 is 14.3 Å². The fourth-order valence-corrected chi connectivity index (χ4v) is 2.05. The van der Waals surface area contributed by atoms with Gasteiger partial charge in [-0.25, -0.2) is 4.79 Å². The maximum atomic E-state index is 11.0. The van der Waals surface area contributed by atoms with E-state index in [1.54, 1.807) is 6.07 Å². The van der Waals surface area contributed by atoms with Crippen molar-refractivity contribution in [1.82, 2.24) is 0 Å². The SMILES string of the molecule is Nc1c(C(=O)O)oc2ccc3ccccc3c12. The van der Waals surface area contributed by atoms with Gasteiger partial charge in [-0.15, -0.1) is 0 Å². The van der Waals surface area contributed by atoms with Crippen LogP contribution in [-0.4, -0.2) is 11.1 Å². The summed E-state index contributed by atoms with van der Waals surface area (Å²) >= 11 is 0. The molecule has 0 unspecified atom stereocenters. The summed E-state index contributed by atoms with van der Waals surface area (Å²) in [6.45, 7) is 0. The molecule has 0 aliphatic heterocycles. The van der Waals surface area contributed by atoms with Crippen LogP contribution in [0.3, 0.4) is 0 Å². The number of aromatic carboxylic acids is 1. The Labute approximate surface area is 96.2 Å². The van der Waals surface area contributed by atoms with Crippen LogP contribution in [-0.2, 0) is 0 Å². The van der Waals surface area contributed by atoms with E-state index in [1.165, 1.54) is 0 Å². The fourth-order valence-electron chi connectivity index (χ4n) is 2.05. The van der Waals surface area contributed by atoms with Gasteiger partial charge in [0.25, 0.3) is 0 Å². The van der Waals surface area contributed by atoms with Crippen molar-refractivity contribution in [3.63, 3.8) is 0 Å². The molecule has 4 nitrogen and oxygen atoms in total. The highest BCUT2D eigenvalue weighted by atomic mass is 16.4. The molecule has 1 aromatic heterocycles. The summed E-state index contributed by atoms with van der Waals surface area (Å²) in [6.07, 6.45) is 0. The van der Waals surface area contributed by atoms with E-state index < -0.39 is 5.97 Å². The number of rotatable bonds is 1. The van der Waals surface area contributed by atoms with Gasteiger partial charge in [0.2, 0.25) is 5.76 Å². The molecule has 3 aromatic rings. The van der Waals surface area contributed by atoms with Crippen LogP contribution >= 0.6 is 0 Å². The number of fused-ring (bicyclic) bond motifs is 3. The van der Waals surface area contributed by atoms with Crippen molar-refractivity contribution in [2.24, 2.45) is 0 Å². The summed E-state index contributed by atoms with van der Waals surface area (Å²) in [4.78, 5) is 11.0. The second-order valence-corrected chi connectivity index (χ2v) is 3.81. The normalized spacial score (nSPS) is 11.1. The number of nitrogen functional groups attached to an aromatic ring is 1. The summed E-state index contributed by atoms with van der Waals surface area (Å²) in [5.74, 6) is -1.35. The summed E-state index contributed by atoms with van der Waals surface area (Å²) in [5, 5.41) is 11.5. The molecular weight excluding hydrogens is 218 g/mol. The molecule has 17 heavy (non-hydrogen) atoms. The van der Waals surface area contributed by atoms with E-state index in [1.807, 2.05) is 30.3 Å². The van der Waals surface area contributed by atoms with Gasteiger partial charge in [0.1, 0.15) is 5.58 Å². The van der Waals surface area contributed by atoms with Crippen LogP contribution in [0.25, 0.3) is 21.7 Å². The second-order valence-electron chi connectivity index (χ2n) is 3.81. The van der Waals surface area contributed by atoms with Crippen LogP contribution < -0.4 is 5.73 Å². The van der Waals surface area contributed by atoms with Gasteiger partial charge < -0.3 is 15.3 Å². The average Bonchev–Trinajstić information content (AvgIpc) is 2.67. The van der Waals surface area contributed by atoms with Crippen molar-refractivity contribution in [3.8, 4) is 0 Å². The lowest BCUT2D eigenvalue weighted by Crippen LogP contribution is -1.98. The Hall–Kier alpha value is -2.49. The zero-order chi connectivity index (χ0) is 12.0. The van der Waals surface area contributed by atoms with Crippen LogP contribution in [0.2, 0.25) is 0 Å². The molecule has 0 saturated heterocycles. The molecule has 0 spiro atoms. The van der Waals surface area contributed by atoms with Gasteiger partial charge in [-0.2, -0.15) is 0 Å². The van der Waals surface area contributed by atoms with Gasteiger partial charge in [0, 0.05) is 0 Å². The molecule has 84 valence electrons. The Morgan fingerprint density at radius 1 is 1.18 bits per heavy atom. The summed E-state index contributed by atoms with van der Waals surface area (Å²) < 4.78 is 5.24. The first-order valence-electron chi connectivity index (χ1n) is 5.11. The van der Waals surface area contributed by atoms with E-state index in [4.69, 9.17) is 15.3 Å². The average molecular weight is 227 g/mol. The Morgan fingerprint density at radius 3 is 2.71 bits per heavy atom. The zero-order valence-electron chi connectivity index (χ0n) is 8.81. The standard InChI is InChI=1S/C13H9NO3/c14-11-10-8-4-2-1-3-7(8)5-6-9(10)17-12(11)13(15)16/h1-6H,14H2,(H,15,16). The van der Waals surface area contributed by atoms with E-state index in [9.17, 15) is 4.79 Å². The molecule has 0 fully saturated rings. The van der Waals surface area contributed by atoms with Crippen molar-refractivity contribution >= 4 is 33.4 Å². The first-order chi connectivity index (χ1) is 8.18. The lowest BCUT2D eigenvalue weighted by atomic mass is 10.1. The van der Waals surface area contributed by atoms with Crippen LogP contribution in [0.15, 0.2) is 40.8 Å². The molecule has 4 heteroatoms. The highest BCUT2D eigenvalue weighted by Crippen LogP contribution is 2.34. The number of hydrogen-bond acceptors (Lipinski definition) is 3. The smallest absolute Gasteiger partial charge is 0.374 e. The number of nitrogens with two attached hydrogens (primary N) is 1. The Morgan fingerprint density at radius 2 is 1.94 bits per heavy atom. The van der Waals surface area contributed by atoms with Gasteiger partial charge in [0.05, 0.1) is 11.1 Å². The number of anilines is 1. The molecule has 2 aromatic carbocycles. The minimum Gasteiger partial charge on any atom is -0.475 e. The largest absolute Gasteiger partial charge is 0.475 e. The van der Waals surface area contributed by atoms with Crippen molar-refractivity contribution in [2.75, 3.05) is 5.73 Å². The van der Waals surface area contributed by atoms with Gasteiger partial charge in [-0.3, -0.25) is 0 Å². The highest BCUT2D eigenvalue weighted by molar-refractivity contribution is 6.15. The van der Waals surface area contributed by atoms with Crippen LogP contribution in [0, 0.1) is 0 Å². The number of carbonyl (C=O) groups is 1. The molecule has 0 amide bonds.